The highest BCUT2D eigenvalue weighted by atomic mass is 16.1. The SMILES string of the molecule is CCc1c(C)c(N(C)C)cc(C(=O)NC(C)C)c1N. The molecule has 1 aromatic rings. The fourth-order valence-corrected chi connectivity index (χ4v) is 2.29. The molecule has 19 heavy (non-hydrogen) atoms. The lowest BCUT2D eigenvalue weighted by Crippen LogP contribution is -2.31. The lowest BCUT2D eigenvalue weighted by Gasteiger charge is -2.22. The normalized spacial score (nSPS) is 10.7. The summed E-state index contributed by atoms with van der Waals surface area (Å²) in [4.78, 5) is 14.2. The topological polar surface area (TPSA) is 58.4 Å². The summed E-state index contributed by atoms with van der Waals surface area (Å²) in [5, 5.41) is 2.90. The summed E-state index contributed by atoms with van der Waals surface area (Å²) in [6.45, 7) is 7.99. The van der Waals surface area contributed by atoms with Gasteiger partial charge in [0.25, 0.3) is 5.91 Å². The summed E-state index contributed by atoms with van der Waals surface area (Å²) in [6.07, 6.45) is 0.821. The monoisotopic (exact) mass is 263 g/mol. The van der Waals surface area contributed by atoms with Gasteiger partial charge in [-0.05, 0) is 44.4 Å². The Kier molecular flexibility index (Phi) is 4.81. The van der Waals surface area contributed by atoms with Crippen molar-refractivity contribution in [3.8, 4) is 0 Å². The van der Waals surface area contributed by atoms with Gasteiger partial charge < -0.3 is 16.0 Å². The van der Waals surface area contributed by atoms with E-state index < -0.39 is 0 Å². The van der Waals surface area contributed by atoms with Crippen LogP contribution in [0.25, 0.3) is 0 Å². The van der Waals surface area contributed by atoms with E-state index in [0.717, 1.165) is 23.2 Å². The number of anilines is 2. The molecule has 1 amide bonds. The van der Waals surface area contributed by atoms with Gasteiger partial charge in [-0.25, -0.2) is 0 Å². The van der Waals surface area contributed by atoms with E-state index in [9.17, 15) is 4.79 Å². The molecule has 0 aromatic heterocycles. The number of hydrogen-bond donors (Lipinski definition) is 2. The van der Waals surface area contributed by atoms with Crippen LogP contribution in [0.5, 0.6) is 0 Å². The zero-order chi connectivity index (χ0) is 14.7. The van der Waals surface area contributed by atoms with Crippen molar-refractivity contribution >= 4 is 17.3 Å². The Bertz CT molecular complexity index is 479. The minimum atomic E-state index is -0.106. The van der Waals surface area contributed by atoms with Crippen LogP contribution in [0.2, 0.25) is 0 Å². The first-order valence-electron chi connectivity index (χ1n) is 6.69. The van der Waals surface area contributed by atoms with Gasteiger partial charge in [-0.2, -0.15) is 0 Å². The van der Waals surface area contributed by atoms with Crippen molar-refractivity contribution in [1.82, 2.24) is 5.32 Å². The number of nitrogens with zero attached hydrogens (tertiary/aromatic N) is 1. The van der Waals surface area contributed by atoms with Gasteiger partial charge in [0, 0.05) is 31.5 Å². The number of nitrogen functional groups attached to an aromatic ring is 1. The van der Waals surface area contributed by atoms with Crippen molar-refractivity contribution in [2.45, 2.75) is 40.2 Å². The molecule has 4 heteroatoms. The molecule has 0 saturated carbocycles. The van der Waals surface area contributed by atoms with E-state index in [2.05, 4.69) is 19.2 Å². The standard InChI is InChI=1S/C15H25N3O/c1-7-11-10(4)13(18(5)6)8-12(14(11)16)15(19)17-9(2)3/h8-9H,7,16H2,1-6H3,(H,17,19). The third kappa shape index (κ3) is 3.19. The summed E-state index contributed by atoms with van der Waals surface area (Å²) >= 11 is 0. The van der Waals surface area contributed by atoms with Crippen molar-refractivity contribution in [3.05, 3.63) is 22.8 Å². The van der Waals surface area contributed by atoms with Gasteiger partial charge in [0.15, 0.2) is 0 Å². The first-order valence-corrected chi connectivity index (χ1v) is 6.69. The highest BCUT2D eigenvalue weighted by Crippen LogP contribution is 2.30. The van der Waals surface area contributed by atoms with Crippen LogP contribution in [-0.2, 0) is 6.42 Å². The van der Waals surface area contributed by atoms with E-state index in [4.69, 9.17) is 5.73 Å². The van der Waals surface area contributed by atoms with Crippen molar-refractivity contribution in [3.63, 3.8) is 0 Å². The van der Waals surface area contributed by atoms with Gasteiger partial charge in [-0.15, -0.1) is 0 Å². The van der Waals surface area contributed by atoms with Gasteiger partial charge in [0.05, 0.1) is 5.56 Å². The molecule has 0 aliphatic carbocycles. The van der Waals surface area contributed by atoms with E-state index in [1.165, 1.54) is 0 Å². The van der Waals surface area contributed by atoms with Crippen LogP contribution in [0.4, 0.5) is 11.4 Å². The van der Waals surface area contributed by atoms with E-state index in [1.807, 2.05) is 38.9 Å². The molecule has 0 atom stereocenters. The molecule has 106 valence electrons. The fourth-order valence-electron chi connectivity index (χ4n) is 2.29. The third-order valence-corrected chi connectivity index (χ3v) is 3.23. The van der Waals surface area contributed by atoms with E-state index >= 15 is 0 Å². The Hall–Kier alpha value is -1.71. The molecule has 0 bridgehead atoms. The number of carbonyl (C=O) groups is 1. The van der Waals surface area contributed by atoms with Gasteiger partial charge >= 0.3 is 0 Å². The largest absolute Gasteiger partial charge is 0.398 e. The lowest BCUT2D eigenvalue weighted by atomic mass is 9.97. The second kappa shape index (κ2) is 5.95. The molecule has 0 saturated heterocycles. The molecule has 0 fully saturated rings. The van der Waals surface area contributed by atoms with Crippen LogP contribution in [0.3, 0.4) is 0 Å². The Balaban J connectivity index is 3.40. The van der Waals surface area contributed by atoms with Crippen molar-refractivity contribution in [2.75, 3.05) is 24.7 Å². The van der Waals surface area contributed by atoms with E-state index in [1.54, 1.807) is 0 Å². The van der Waals surface area contributed by atoms with Gasteiger partial charge in [-0.1, -0.05) is 6.92 Å². The summed E-state index contributed by atoms with van der Waals surface area (Å²) < 4.78 is 0. The summed E-state index contributed by atoms with van der Waals surface area (Å²) in [5.74, 6) is -0.106. The molecule has 0 unspecified atom stereocenters. The molecular weight excluding hydrogens is 238 g/mol. The van der Waals surface area contributed by atoms with Gasteiger partial charge in [0.1, 0.15) is 0 Å². The maximum absolute atomic E-state index is 12.2. The van der Waals surface area contributed by atoms with Gasteiger partial charge in [-0.3, -0.25) is 4.79 Å². The smallest absolute Gasteiger partial charge is 0.253 e. The van der Waals surface area contributed by atoms with Crippen LogP contribution in [0, 0.1) is 6.92 Å². The second-order valence-electron chi connectivity index (χ2n) is 5.34. The summed E-state index contributed by atoms with van der Waals surface area (Å²) in [7, 11) is 3.95. The zero-order valence-corrected chi connectivity index (χ0v) is 12.8. The van der Waals surface area contributed by atoms with Crippen LogP contribution in [0.15, 0.2) is 6.07 Å². The molecule has 4 nitrogen and oxygen atoms in total. The number of amides is 1. The third-order valence-electron chi connectivity index (χ3n) is 3.23. The number of hydrogen-bond acceptors (Lipinski definition) is 3. The minimum Gasteiger partial charge on any atom is -0.398 e. The quantitative estimate of drug-likeness (QED) is 0.820. The number of nitrogens with one attached hydrogen (secondary N) is 1. The maximum Gasteiger partial charge on any atom is 0.253 e. The molecule has 0 aliphatic heterocycles. The number of nitrogens with two attached hydrogens (primary N) is 1. The fraction of sp³-hybridized carbons (Fsp3) is 0.533. The van der Waals surface area contributed by atoms with Gasteiger partial charge in [0.2, 0.25) is 0 Å². The highest BCUT2D eigenvalue weighted by Gasteiger charge is 2.18. The van der Waals surface area contributed by atoms with E-state index in [-0.39, 0.29) is 11.9 Å². The van der Waals surface area contributed by atoms with Crippen molar-refractivity contribution < 1.29 is 4.79 Å². The summed E-state index contributed by atoms with van der Waals surface area (Å²) in [5.41, 5.74) is 10.6. The molecule has 0 aliphatic rings. The Morgan fingerprint density at radius 1 is 1.42 bits per heavy atom. The molecule has 3 N–H and O–H groups in total. The second-order valence-corrected chi connectivity index (χ2v) is 5.34. The number of benzene rings is 1. The molecule has 0 radical (unpaired) electrons. The Morgan fingerprint density at radius 2 is 2.00 bits per heavy atom. The molecule has 1 rings (SSSR count). The molecule has 0 heterocycles. The zero-order valence-electron chi connectivity index (χ0n) is 12.8. The van der Waals surface area contributed by atoms with Crippen molar-refractivity contribution in [2.24, 2.45) is 0 Å². The molecule has 0 spiro atoms. The van der Waals surface area contributed by atoms with Crippen LogP contribution in [0.1, 0.15) is 42.3 Å². The van der Waals surface area contributed by atoms with Crippen LogP contribution >= 0.6 is 0 Å². The highest BCUT2D eigenvalue weighted by molar-refractivity contribution is 6.01. The predicted octanol–water partition coefficient (Wildman–Crippen LogP) is 2.34. The predicted molar refractivity (Wildman–Crippen MR) is 81.9 cm³/mol. The number of rotatable bonds is 4. The average Bonchev–Trinajstić information content (AvgIpc) is 2.28. The maximum atomic E-state index is 12.2. The molecule has 1 aromatic carbocycles. The molecular formula is C15H25N3O. The van der Waals surface area contributed by atoms with Crippen LogP contribution < -0.4 is 16.0 Å². The Labute approximate surface area is 116 Å². The van der Waals surface area contributed by atoms with Crippen LogP contribution in [-0.4, -0.2) is 26.0 Å². The first-order chi connectivity index (χ1) is 8.79. The minimum absolute atomic E-state index is 0.0982. The number of carbonyl (C=O) groups excluding carboxylic acids is 1. The van der Waals surface area contributed by atoms with Crippen molar-refractivity contribution in [1.29, 1.82) is 0 Å². The lowest BCUT2D eigenvalue weighted by molar-refractivity contribution is 0.0944. The summed E-state index contributed by atoms with van der Waals surface area (Å²) in [6, 6.07) is 1.97. The Morgan fingerprint density at radius 3 is 2.42 bits per heavy atom. The van der Waals surface area contributed by atoms with E-state index in [0.29, 0.717) is 11.3 Å². The average molecular weight is 263 g/mol. The first kappa shape index (κ1) is 15.3.